The van der Waals surface area contributed by atoms with Gasteiger partial charge in [-0.3, -0.25) is 10.2 Å². The average Bonchev–Trinajstić information content (AvgIpc) is 3.03. The highest BCUT2D eigenvalue weighted by atomic mass is 16.6. The van der Waals surface area contributed by atoms with Crippen molar-refractivity contribution in [2.45, 2.75) is 33.3 Å². The molecule has 3 rings (SSSR count). The number of rotatable bonds is 6. The Balaban J connectivity index is 1.56. The van der Waals surface area contributed by atoms with E-state index in [-0.39, 0.29) is 6.09 Å². The number of para-hydroxylation sites is 1. The number of carbonyl (C=O) groups is 2. The Morgan fingerprint density at radius 2 is 1.78 bits per heavy atom. The van der Waals surface area contributed by atoms with Gasteiger partial charge in [-0.2, -0.15) is 0 Å². The van der Waals surface area contributed by atoms with Crippen molar-refractivity contribution in [1.29, 1.82) is 0 Å². The van der Waals surface area contributed by atoms with Crippen molar-refractivity contribution in [3.05, 3.63) is 35.9 Å². The van der Waals surface area contributed by atoms with Gasteiger partial charge in [-0.25, -0.2) is 14.3 Å². The van der Waals surface area contributed by atoms with Gasteiger partial charge in [-0.15, -0.1) is 5.10 Å². The molecule has 1 aromatic carbocycles. The van der Waals surface area contributed by atoms with E-state index < -0.39 is 11.6 Å². The lowest BCUT2D eigenvalue weighted by molar-refractivity contribution is 0.0136. The second-order valence-electron chi connectivity index (χ2n) is 8.67. The smallest absolute Gasteiger partial charge is 0.410 e. The van der Waals surface area contributed by atoms with E-state index in [1.165, 1.54) is 0 Å². The molecule has 0 unspecified atom stereocenters. The molecule has 0 radical (unpaired) electrons. The maximum atomic E-state index is 12.2. The Kier molecular flexibility index (Phi) is 7.24. The number of carbonyl (C=O) groups excluding carboxylic acids is 2. The molecule has 1 aliphatic rings. The van der Waals surface area contributed by atoms with Gasteiger partial charge in [0, 0.05) is 32.7 Å². The van der Waals surface area contributed by atoms with E-state index in [0.29, 0.717) is 43.5 Å². The lowest BCUT2D eigenvalue weighted by atomic mass is 10.2. The number of primary amides is 1. The molecular formula is C22H32N6O4. The van der Waals surface area contributed by atoms with Crippen molar-refractivity contribution < 1.29 is 19.1 Å². The summed E-state index contributed by atoms with van der Waals surface area (Å²) in [5.74, 6) is 0.912. The molecule has 3 N–H and O–H groups in total. The molecule has 0 spiro atoms. The Labute approximate surface area is 188 Å². The van der Waals surface area contributed by atoms with Crippen molar-refractivity contribution in [3.8, 4) is 11.6 Å². The summed E-state index contributed by atoms with van der Waals surface area (Å²) in [4.78, 5) is 27.6. The van der Waals surface area contributed by atoms with Crippen molar-refractivity contribution in [2.75, 3.05) is 44.6 Å². The number of hydrogen-bond acceptors (Lipinski definition) is 6. The Morgan fingerprint density at radius 1 is 1.12 bits per heavy atom. The van der Waals surface area contributed by atoms with E-state index >= 15 is 0 Å². The molecule has 2 aromatic rings. The van der Waals surface area contributed by atoms with Crippen LogP contribution >= 0.6 is 0 Å². The van der Waals surface area contributed by atoms with Gasteiger partial charge in [-0.1, -0.05) is 18.2 Å². The van der Waals surface area contributed by atoms with E-state index in [1.54, 1.807) is 9.58 Å². The Bertz CT molecular complexity index is 930. The number of nitrogens with two attached hydrogens (primary N) is 1. The first-order chi connectivity index (χ1) is 15.1. The summed E-state index contributed by atoms with van der Waals surface area (Å²) in [7, 11) is 0. The molecular weight excluding hydrogens is 412 g/mol. The van der Waals surface area contributed by atoms with Gasteiger partial charge in [-0.05, 0) is 39.8 Å². The first-order valence-electron chi connectivity index (χ1n) is 10.7. The number of nitrogens with one attached hydrogen (secondary N) is 1. The number of hydrogen-bond donors (Lipinski definition) is 2. The van der Waals surface area contributed by atoms with Gasteiger partial charge in [0.15, 0.2) is 0 Å². The predicted octanol–water partition coefficient (Wildman–Crippen LogP) is 2.60. The van der Waals surface area contributed by atoms with Crippen LogP contribution in [-0.4, -0.2) is 76.6 Å². The average molecular weight is 445 g/mol. The van der Waals surface area contributed by atoms with E-state index in [0.717, 1.165) is 18.8 Å². The normalized spacial score (nSPS) is 14.8. The fraction of sp³-hybridized carbons (Fsp3) is 0.500. The lowest BCUT2D eigenvalue weighted by Gasteiger charge is -2.35. The summed E-state index contributed by atoms with van der Waals surface area (Å²) >= 11 is 0. The zero-order valence-electron chi connectivity index (χ0n) is 19.1. The summed E-state index contributed by atoms with van der Waals surface area (Å²) in [6.07, 6.45) is -0.273. The maximum Gasteiger partial charge on any atom is 0.410 e. The summed E-state index contributed by atoms with van der Waals surface area (Å²) < 4.78 is 13.0. The van der Waals surface area contributed by atoms with Crippen molar-refractivity contribution in [3.63, 3.8) is 0 Å². The van der Waals surface area contributed by atoms with E-state index in [4.69, 9.17) is 15.2 Å². The van der Waals surface area contributed by atoms with Gasteiger partial charge >= 0.3 is 12.1 Å². The highest BCUT2D eigenvalue weighted by Gasteiger charge is 2.26. The highest BCUT2D eigenvalue weighted by molar-refractivity contribution is 5.88. The number of aromatic nitrogens is 2. The third-order valence-electron chi connectivity index (χ3n) is 4.99. The quantitative estimate of drug-likeness (QED) is 0.708. The largest absolute Gasteiger partial charge is 0.475 e. The zero-order chi connectivity index (χ0) is 23.3. The molecule has 0 saturated carbocycles. The first-order valence-corrected chi connectivity index (χ1v) is 10.7. The molecule has 1 fully saturated rings. The monoisotopic (exact) mass is 444 g/mol. The number of nitrogens with zero attached hydrogens (tertiary/aromatic N) is 4. The molecule has 10 nitrogen and oxygen atoms in total. The Morgan fingerprint density at radius 3 is 2.38 bits per heavy atom. The van der Waals surface area contributed by atoms with Crippen molar-refractivity contribution in [2.24, 2.45) is 5.73 Å². The predicted molar refractivity (Wildman–Crippen MR) is 121 cm³/mol. The fourth-order valence-electron chi connectivity index (χ4n) is 3.38. The van der Waals surface area contributed by atoms with E-state index in [1.807, 2.05) is 58.0 Å². The van der Waals surface area contributed by atoms with E-state index in [2.05, 4.69) is 15.3 Å². The third-order valence-corrected chi connectivity index (χ3v) is 4.99. The molecule has 2 heterocycles. The van der Waals surface area contributed by atoms with Gasteiger partial charge in [0.1, 0.15) is 18.0 Å². The number of anilines is 1. The molecule has 1 saturated heterocycles. The van der Waals surface area contributed by atoms with Crippen molar-refractivity contribution >= 4 is 17.9 Å². The van der Waals surface area contributed by atoms with Crippen LogP contribution in [0.2, 0.25) is 0 Å². The second-order valence-corrected chi connectivity index (χ2v) is 8.67. The van der Waals surface area contributed by atoms with Crippen LogP contribution < -0.4 is 15.8 Å². The summed E-state index contributed by atoms with van der Waals surface area (Å²) in [5.41, 5.74) is 6.32. The van der Waals surface area contributed by atoms with Crippen molar-refractivity contribution in [1.82, 2.24) is 19.6 Å². The first kappa shape index (κ1) is 23.4. The van der Waals surface area contributed by atoms with Crippen LogP contribution in [0.3, 0.4) is 0 Å². The molecule has 32 heavy (non-hydrogen) atoms. The van der Waals surface area contributed by atoms with Crippen LogP contribution in [0.15, 0.2) is 30.3 Å². The number of ether oxygens (including phenoxy) is 2. The van der Waals surface area contributed by atoms with E-state index in [9.17, 15) is 9.59 Å². The minimum atomic E-state index is -0.667. The summed E-state index contributed by atoms with van der Waals surface area (Å²) in [6, 6.07) is 8.77. The number of piperazine rings is 1. The maximum absolute atomic E-state index is 12.2. The van der Waals surface area contributed by atoms with Crippen LogP contribution in [0, 0.1) is 6.92 Å². The second kappa shape index (κ2) is 9.90. The van der Waals surface area contributed by atoms with Crippen LogP contribution in [0.25, 0.3) is 5.69 Å². The fourth-order valence-corrected chi connectivity index (χ4v) is 3.38. The highest BCUT2D eigenvalue weighted by Crippen LogP contribution is 2.28. The van der Waals surface area contributed by atoms with Crippen LogP contribution in [-0.2, 0) is 4.74 Å². The van der Waals surface area contributed by atoms with Crippen LogP contribution in [0.1, 0.15) is 26.3 Å². The molecule has 0 atom stereocenters. The zero-order valence-corrected chi connectivity index (χ0v) is 19.1. The minimum absolute atomic E-state index is 0.273. The number of amides is 3. The van der Waals surface area contributed by atoms with Gasteiger partial charge in [0.25, 0.3) is 0 Å². The van der Waals surface area contributed by atoms with Crippen LogP contribution in [0.5, 0.6) is 5.88 Å². The molecule has 174 valence electrons. The van der Waals surface area contributed by atoms with Gasteiger partial charge < -0.3 is 20.1 Å². The third kappa shape index (κ3) is 6.13. The Hall–Kier alpha value is -3.27. The molecule has 0 bridgehead atoms. The SMILES string of the molecule is Cc1c(OCCN2CCN(C(=O)OC(C)(C)C)CC2)nn(-c2ccccc2)c1NC(N)=O. The lowest BCUT2D eigenvalue weighted by Crippen LogP contribution is -2.50. The standard InChI is InChI=1S/C22H32N6O4/c1-16-18(24-20(23)29)28(17-8-6-5-7-9-17)25-19(16)31-15-14-26-10-12-27(13-11-26)21(30)32-22(2,3)4/h5-9H,10-15H2,1-4H3,(H3,23,24,29). The minimum Gasteiger partial charge on any atom is -0.475 e. The van der Waals surface area contributed by atoms with Crippen LogP contribution in [0.4, 0.5) is 15.4 Å². The number of urea groups is 1. The molecule has 1 aliphatic heterocycles. The summed E-state index contributed by atoms with van der Waals surface area (Å²) in [6.45, 7) is 11.3. The molecule has 3 amide bonds. The molecule has 1 aromatic heterocycles. The molecule has 0 aliphatic carbocycles. The van der Waals surface area contributed by atoms with Gasteiger partial charge in [0.2, 0.25) is 5.88 Å². The summed E-state index contributed by atoms with van der Waals surface area (Å²) in [5, 5.41) is 7.15. The topological polar surface area (TPSA) is 115 Å². The van der Waals surface area contributed by atoms with Gasteiger partial charge in [0.05, 0.1) is 11.3 Å². The number of benzene rings is 1. The molecule has 10 heteroatoms.